The minimum atomic E-state index is -0.751. The van der Waals surface area contributed by atoms with Gasteiger partial charge in [0.15, 0.2) is 0 Å². The highest BCUT2D eigenvalue weighted by Crippen LogP contribution is 2.19. The van der Waals surface area contributed by atoms with E-state index in [1.807, 2.05) is 6.92 Å². The van der Waals surface area contributed by atoms with Gasteiger partial charge in [-0.25, -0.2) is 0 Å². The maximum Gasteiger partial charge on any atom is 0.0673 e. The molecule has 0 fully saturated rings. The summed E-state index contributed by atoms with van der Waals surface area (Å²) in [4.78, 5) is 4.03. The van der Waals surface area contributed by atoms with Crippen LogP contribution in [0.15, 0.2) is 18.5 Å². The first-order chi connectivity index (χ1) is 7.91. The lowest BCUT2D eigenvalue weighted by molar-refractivity contribution is 0.0511. The van der Waals surface area contributed by atoms with Crippen molar-refractivity contribution in [3.8, 4) is 0 Å². The first-order valence-corrected chi connectivity index (χ1v) is 6.05. The smallest absolute Gasteiger partial charge is 0.0673 e. The molecule has 0 saturated carbocycles. The molecule has 1 unspecified atom stereocenters. The van der Waals surface area contributed by atoms with Crippen molar-refractivity contribution in [2.75, 3.05) is 12.3 Å². The lowest BCUT2D eigenvalue weighted by Gasteiger charge is -2.24. The lowest BCUT2D eigenvalue weighted by Crippen LogP contribution is -2.34. The molecule has 1 atom stereocenters. The van der Waals surface area contributed by atoms with E-state index in [-0.39, 0.29) is 0 Å². The highest BCUT2D eigenvalue weighted by Gasteiger charge is 2.21. The quantitative estimate of drug-likeness (QED) is 0.698. The molecule has 0 aromatic carbocycles. The minimum Gasteiger partial charge on any atom is -0.398 e. The Hall–Kier alpha value is -1.13. The van der Waals surface area contributed by atoms with Crippen LogP contribution in [0.25, 0.3) is 0 Å². The summed E-state index contributed by atoms with van der Waals surface area (Å²) < 4.78 is 0. The molecule has 4 nitrogen and oxygen atoms in total. The number of hydrogen-bond donors (Lipinski definition) is 3. The van der Waals surface area contributed by atoms with Crippen molar-refractivity contribution in [2.24, 2.45) is 0 Å². The van der Waals surface area contributed by atoms with Crippen LogP contribution in [0.5, 0.6) is 0 Å². The molecule has 1 aromatic heterocycles. The van der Waals surface area contributed by atoms with Crippen molar-refractivity contribution >= 4 is 5.69 Å². The number of pyridine rings is 1. The summed E-state index contributed by atoms with van der Waals surface area (Å²) in [5.74, 6) is 0. The third-order valence-electron chi connectivity index (χ3n) is 2.73. The molecule has 4 N–H and O–H groups in total. The first kappa shape index (κ1) is 13.9. The minimum absolute atomic E-state index is 0.439. The topological polar surface area (TPSA) is 71.2 Å². The van der Waals surface area contributed by atoms with Gasteiger partial charge in [0.1, 0.15) is 0 Å². The zero-order valence-electron chi connectivity index (χ0n) is 10.9. The van der Waals surface area contributed by atoms with Crippen molar-refractivity contribution in [1.82, 2.24) is 10.3 Å². The van der Waals surface area contributed by atoms with Crippen molar-refractivity contribution < 1.29 is 5.11 Å². The van der Waals surface area contributed by atoms with E-state index < -0.39 is 5.60 Å². The van der Waals surface area contributed by atoms with Crippen LogP contribution >= 0.6 is 0 Å². The van der Waals surface area contributed by atoms with Crippen LogP contribution in [-0.2, 0) is 6.42 Å². The van der Waals surface area contributed by atoms with E-state index in [9.17, 15) is 5.11 Å². The molecule has 1 aromatic rings. The molecule has 0 spiro atoms. The van der Waals surface area contributed by atoms with Gasteiger partial charge in [0.25, 0.3) is 0 Å². The fourth-order valence-electron chi connectivity index (χ4n) is 1.71. The lowest BCUT2D eigenvalue weighted by atomic mass is 9.93. The number of nitrogens with one attached hydrogen (secondary N) is 1. The third kappa shape index (κ3) is 5.15. The Morgan fingerprint density at radius 3 is 2.82 bits per heavy atom. The number of hydrogen-bond acceptors (Lipinski definition) is 4. The highest BCUT2D eigenvalue weighted by atomic mass is 16.3. The largest absolute Gasteiger partial charge is 0.398 e. The van der Waals surface area contributed by atoms with Gasteiger partial charge in [-0.15, -0.1) is 0 Å². The van der Waals surface area contributed by atoms with Gasteiger partial charge < -0.3 is 16.2 Å². The summed E-state index contributed by atoms with van der Waals surface area (Å²) in [6.07, 6.45) is 4.61. The van der Waals surface area contributed by atoms with Gasteiger partial charge in [0, 0.05) is 30.5 Å². The standard InChI is InChI=1S/C13H23N3O/c1-10(2)16-7-5-13(3,17)8-11-9-15-6-4-12(11)14/h4,6,9-10,16-17H,5,7-8H2,1-3H3,(H2,14,15). The van der Waals surface area contributed by atoms with E-state index >= 15 is 0 Å². The van der Waals surface area contributed by atoms with Gasteiger partial charge in [0.05, 0.1) is 5.60 Å². The molecule has 0 aliphatic carbocycles. The van der Waals surface area contributed by atoms with Crippen molar-refractivity contribution in [3.05, 3.63) is 24.0 Å². The monoisotopic (exact) mass is 237 g/mol. The predicted molar refractivity (Wildman–Crippen MR) is 70.7 cm³/mol. The van der Waals surface area contributed by atoms with E-state index in [4.69, 9.17) is 5.73 Å². The van der Waals surface area contributed by atoms with Crippen LogP contribution in [0.2, 0.25) is 0 Å². The molecule has 0 aliphatic rings. The van der Waals surface area contributed by atoms with E-state index in [0.717, 1.165) is 12.1 Å². The first-order valence-electron chi connectivity index (χ1n) is 6.05. The Morgan fingerprint density at radius 1 is 1.53 bits per heavy atom. The van der Waals surface area contributed by atoms with Crippen LogP contribution in [-0.4, -0.2) is 28.3 Å². The highest BCUT2D eigenvalue weighted by molar-refractivity contribution is 5.44. The summed E-state index contributed by atoms with van der Waals surface area (Å²) in [6, 6.07) is 2.20. The maximum absolute atomic E-state index is 10.3. The molecule has 0 bridgehead atoms. The fourth-order valence-corrected chi connectivity index (χ4v) is 1.71. The van der Waals surface area contributed by atoms with Crippen LogP contribution in [0.3, 0.4) is 0 Å². The number of anilines is 1. The maximum atomic E-state index is 10.3. The molecule has 0 radical (unpaired) electrons. The van der Waals surface area contributed by atoms with Gasteiger partial charge >= 0.3 is 0 Å². The average molecular weight is 237 g/mol. The summed E-state index contributed by atoms with van der Waals surface area (Å²) in [5, 5.41) is 13.6. The van der Waals surface area contributed by atoms with Crippen molar-refractivity contribution in [2.45, 2.75) is 45.3 Å². The second kappa shape index (κ2) is 5.98. The van der Waals surface area contributed by atoms with Gasteiger partial charge in [-0.2, -0.15) is 0 Å². The second-order valence-electron chi connectivity index (χ2n) is 5.11. The van der Waals surface area contributed by atoms with Gasteiger partial charge in [-0.1, -0.05) is 13.8 Å². The Kier molecular flexibility index (Phi) is 4.90. The van der Waals surface area contributed by atoms with Crippen molar-refractivity contribution in [3.63, 3.8) is 0 Å². The number of nitrogen functional groups attached to an aromatic ring is 1. The van der Waals surface area contributed by atoms with E-state index in [2.05, 4.69) is 24.1 Å². The molecule has 0 amide bonds. The van der Waals surface area contributed by atoms with E-state index in [1.165, 1.54) is 0 Å². The summed E-state index contributed by atoms with van der Waals surface area (Å²) in [5.41, 5.74) is 6.68. The number of nitrogens with zero attached hydrogens (tertiary/aromatic N) is 1. The predicted octanol–water partition coefficient (Wildman–Crippen LogP) is 1.35. The van der Waals surface area contributed by atoms with Crippen LogP contribution in [0, 0.1) is 0 Å². The number of nitrogens with two attached hydrogens (primary N) is 1. The van der Waals surface area contributed by atoms with Gasteiger partial charge in [-0.3, -0.25) is 4.98 Å². The summed E-state index contributed by atoms with van der Waals surface area (Å²) in [7, 11) is 0. The molecule has 0 saturated heterocycles. The van der Waals surface area contributed by atoms with E-state index in [1.54, 1.807) is 18.5 Å². The zero-order valence-corrected chi connectivity index (χ0v) is 10.9. The van der Waals surface area contributed by atoms with Gasteiger partial charge in [-0.05, 0) is 31.5 Å². The molecular weight excluding hydrogens is 214 g/mol. The molecule has 17 heavy (non-hydrogen) atoms. The van der Waals surface area contributed by atoms with Crippen molar-refractivity contribution in [1.29, 1.82) is 0 Å². The molecule has 4 heteroatoms. The number of aliphatic hydroxyl groups is 1. The Morgan fingerprint density at radius 2 is 2.24 bits per heavy atom. The average Bonchev–Trinajstić information content (AvgIpc) is 2.20. The molecule has 0 aliphatic heterocycles. The third-order valence-corrected chi connectivity index (χ3v) is 2.73. The van der Waals surface area contributed by atoms with Crippen LogP contribution in [0.4, 0.5) is 5.69 Å². The Bertz CT molecular complexity index is 350. The van der Waals surface area contributed by atoms with Gasteiger partial charge in [0.2, 0.25) is 0 Å². The van der Waals surface area contributed by atoms with Crippen LogP contribution in [0.1, 0.15) is 32.8 Å². The molecule has 96 valence electrons. The Balaban J connectivity index is 2.51. The Labute approximate surface area is 103 Å². The zero-order chi connectivity index (χ0) is 12.9. The molecule has 1 heterocycles. The normalized spacial score (nSPS) is 14.9. The van der Waals surface area contributed by atoms with Crippen LogP contribution < -0.4 is 11.1 Å². The fraction of sp³-hybridized carbons (Fsp3) is 0.615. The van der Waals surface area contributed by atoms with E-state index in [0.29, 0.717) is 24.6 Å². The molecule has 1 rings (SSSR count). The summed E-state index contributed by atoms with van der Waals surface area (Å²) >= 11 is 0. The number of rotatable bonds is 6. The second-order valence-corrected chi connectivity index (χ2v) is 5.11. The SMILES string of the molecule is CC(C)NCCC(C)(O)Cc1cnccc1N. The summed E-state index contributed by atoms with van der Waals surface area (Å²) in [6.45, 7) is 6.81. The number of aromatic nitrogens is 1. The molecular formula is C13H23N3O.